The second kappa shape index (κ2) is 66.8. The number of rotatable bonds is 0. The van der Waals surface area contributed by atoms with E-state index in [1.807, 2.05) is 0 Å². The fourth-order valence-electron chi connectivity index (χ4n) is 0. The van der Waals surface area contributed by atoms with Gasteiger partial charge in [0.2, 0.25) is 0 Å². The maximum Gasteiger partial charge on any atom is 0 e. The molecule has 0 N–H and O–H groups in total. The Bertz CT molecular complexity index is 7.61. The number of hydrogen-bond acceptors (Lipinski definition) is 0. The van der Waals surface area contributed by atoms with Crippen LogP contribution >= 0.6 is 24.8 Å². The van der Waals surface area contributed by atoms with Crippen LogP contribution in [-0.4, -0.2) is 0 Å². The third kappa shape index (κ3) is 38.5. The predicted molar refractivity (Wildman–Crippen MR) is 19.5 cm³/mol. The van der Waals surface area contributed by atoms with Crippen molar-refractivity contribution in [2.45, 2.75) is 0 Å². The Morgan fingerprint density at radius 2 is 0.600 bits per heavy atom. The summed E-state index contributed by atoms with van der Waals surface area (Å²) in [6.45, 7) is 0. The van der Waals surface area contributed by atoms with Gasteiger partial charge in [-0.25, -0.2) is 0 Å². The summed E-state index contributed by atoms with van der Waals surface area (Å²) in [6.07, 6.45) is 0. The van der Waals surface area contributed by atoms with Crippen LogP contribution in [0.3, 0.4) is 0 Å². The van der Waals surface area contributed by atoms with Crippen molar-refractivity contribution in [3.05, 3.63) is 0 Å². The van der Waals surface area contributed by atoms with Crippen LogP contribution in [0.25, 0.3) is 0 Å². The molecule has 0 saturated carbocycles. The van der Waals surface area contributed by atoms with Gasteiger partial charge in [-0.3, -0.25) is 9.41 Å². The van der Waals surface area contributed by atoms with Gasteiger partial charge >= 0.3 is 0 Å². The molecular formula is H4Cl2F2Ti. The second-order valence-corrected chi connectivity index (χ2v) is 0. The summed E-state index contributed by atoms with van der Waals surface area (Å²) in [6, 6.07) is 0. The van der Waals surface area contributed by atoms with Crippen molar-refractivity contribution >= 4 is 24.8 Å². The molecule has 0 aliphatic carbocycles. The first-order valence-electron chi connectivity index (χ1n) is 0. The molecule has 0 bridgehead atoms. The third-order valence-electron chi connectivity index (χ3n) is 0. The van der Waals surface area contributed by atoms with Gasteiger partial charge in [0, 0.05) is 21.7 Å². The van der Waals surface area contributed by atoms with E-state index in [9.17, 15) is 0 Å². The predicted octanol–water partition coefficient (Wildman–Crippen LogP) is 1.15. The minimum absolute atomic E-state index is 0. The first kappa shape index (κ1) is 123. The zero-order valence-corrected chi connectivity index (χ0v) is 5.33. The molecule has 0 atom stereocenters. The van der Waals surface area contributed by atoms with Crippen LogP contribution in [0.5, 0.6) is 0 Å². The Hall–Kier alpha value is 1.15. The van der Waals surface area contributed by atoms with Crippen molar-refractivity contribution < 1.29 is 31.1 Å². The topological polar surface area (TPSA) is 0 Å². The number of hydrogen-bond donors (Lipinski definition) is 0. The van der Waals surface area contributed by atoms with Crippen molar-refractivity contribution in [1.29, 1.82) is 0 Å². The average Bonchev–Trinajstić information content (AvgIpc) is 0. The normalized spacial score (nSPS) is 0. The summed E-state index contributed by atoms with van der Waals surface area (Å²) in [5.74, 6) is 0. The molecule has 0 spiro atoms. The smallest absolute Gasteiger partial charge is 0 e. The third-order valence-corrected chi connectivity index (χ3v) is 0. The minimum Gasteiger partial charge on any atom is -0.269 e. The van der Waals surface area contributed by atoms with Gasteiger partial charge < -0.3 is 0 Å². The summed E-state index contributed by atoms with van der Waals surface area (Å²) < 4.78 is 0. The molecule has 0 unspecified atom stereocenters. The standard InChI is InChI=1S/2ClH.2FH.Ti/h4*1H;. The Labute approximate surface area is 56.1 Å². The Morgan fingerprint density at radius 3 is 0.600 bits per heavy atom. The van der Waals surface area contributed by atoms with Gasteiger partial charge in [-0.1, -0.05) is 0 Å². The maximum absolute atomic E-state index is 0. The maximum atomic E-state index is 0. The van der Waals surface area contributed by atoms with E-state index in [4.69, 9.17) is 0 Å². The summed E-state index contributed by atoms with van der Waals surface area (Å²) in [7, 11) is 0. The molecule has 0 radical (unpaired) electrons. The molecule has 0 saturated heterocycles. The van der Waals surface area contributed by atoms with Gasteiger partial charge in [0.15, 0.2) is 0 Å². The van der Waals surface area contributed by atoms with Gasteiger partial charge in [-0.15, -0.1) is 24.8 Å². The summed E-state index contributed by atoms with van der Waals surface area (Å²) in [5.41, 5.74) is 0. The second-order valence-electron chi connectivity index (χ2n) is 0. The summed E-state index contributed by atoms with van der Waals surface area (Å²) >= 11 is 0. The molecule has 0 fully saturated rings. The van der Waals surface area contributed by atoms with Gasteiger partial charge in [-0.2, -0.15) is 0 Å². The van der Waals surface area contributed by atoms with Gasteiger partial charge in [0.25, 0.3) is 0 Å². The molecule has 0 aromatic carbocycles. The van der Waals surface area contributed by atoms with E-state index < -0.39 is 0 Å². The zero-order chi connectivity index (χ0) is 0. The SMILES string of the molecule is Cl.Cl.F.F.[Ti]. The van der Waals surface area contributed by atoms with Crippen LogP contribution in [0.15, 0.2) is 0 Å². The molecule has 0 aromatic rings. The molecule has 0 heterocycles. The molecule has 5 heteroatoms. The van der Waals surface area contributed by atoms with Crippen molar-refractivity contribution in [1.82, 2.24) is 0 Å². The van der Waals surface area contributed by atoms with E-state index in [-0.39, 0.29) is 55.9 Å². The molecule has 36 valence electrons. The van der Waals surface area contributed by atoms with E-state index in [1.165, 1.54) is 0 Å². The molecule has 0 aliphatic rings. The van der Waals surface area contributed by atoms with Crippen LogP contribution < -0.4 is 0 Å². The van der Waals surface area contributed by atoms with Crippen molar-refractivity contribution in [3.63, 3.8) is 0 Å². The van der Waals surface area contributed by atoms with E-state index >= 15 is 0 Å². The molecule has 0 aromatic heterocycles. The molecule has 5 heavy (non-hydrogen) atoms. The van der Waals surface area contributed by atoms with E-state index in [1.54, 1.807) is 0 Å². The van der Waals surface area contributed by atoms with Gasteiger partial charge in [0.05, 0.1) is 0 Å². The van der Waals surface area contributed by atoms with Crippen LogP contribution in [-0.2, 0) is 21.7 Å². The quantitative estimate of drug-likeness (QED) is 0.467. The fourth-order valence-corrected chi connectivity index (χ4v) is 0. The van der Waals surface area contributed by atoms with Gasteiger partial charge in [-0.05, 0) is 0 Å². The Morgan fingerprint density at radius 1 is 0.600 bits per heavy atom. The molecule has 0 rings (SSSR count). The molecule has 0 nitrogen and oxygen atoms in total. The summed E-state index contributed by atoms with van der Waals surface area (Å²) in [4.78, 5) is 0. The van der Waals surface area contributed by atoms with Crippen molar-refractivity contribution in [3.8, 4) is 0 Å². The zero-order valence-electron chi connectivity index (χ0n) is 2.13. The average molecular weight is 161 g/mol. The van der Waals surface area contributed by atoms with Crippen LogP contribution in [0.1, 0.15) is 0 Å². The van der Waals surface area contributed by atoms with E-state index in [2.05, 4.69) is 0 Å². The Balaban J connectivity index is 0. The molecular weight excluding hydrogens is 157 g/mol. The van der Waals surface area contributed by atoms with Gasteiger partial charge in [0.1, 0.15) is 0 Å². The largest absolute Gasteiger partial charge is 0.269 e. The first-order chi connectivity index (χ1) is 0. The van der Waals surface area contributed by atoms with E-state index in [0.717, 1.165) is 0 Å². The monoisotopic (exact) mass is 160 g/mol. The summed E-state index contributed by atoms with van der Waals surface area (Å²) in [5, 5.41) is 0. The van der Waals surface area contributed by atoms with Crippen molar-refractivity contribution in [2.75, 3.05) is 0 Å². The van der Waals surface area contributed by atoms with Crippen LogP contribution in [0.4, 0.5) is 9.41 Å². The fraction of sp³-hybridized carbons (Fsp3) is 0. The first-order valence-corrected chi connectivity index (χ1v) is 0. The minimum atomic E-state index is 0. The number of halogens is 4. The molecule has 0 amide bonds. The van der Waals surface area contributed by atoms with E-state index in [0.29, 0.717) is 0 Å². The molecule has 0 aliphatic heterocycles. The van der Waals surface area contributed by atoms with Crippen molar-refractivity contribution in [2.24, 2.45) is 0 Å². The van der Waals surface area contributed by atoms with Crippen LogP contribution in [0.2, 0.25) is 0 Å². The Kier molecular flexibility index (Phi) is 1640. The van der Waals surface area contributed by atoms with Crippen LogP contribution in [0, 0.1) is 0 Å².